The summed E-state index contributed by atoms with van der Waals surface area (Å²) >= 11 is 0. The van der Waals surface area contributed by atoms with Gasteiger partial charge in [0, 0.05) is 12.5 Å². The molecule has 2 aromatic carbocycles. The van der Waals surface area contributed by atoms with Gasteiger partial charge in [-0.15, -0.1) is 0 Å². The summed E-state index contributed by atoms with van der Waals surface area (Å²) in [5.41, 5.74) is 3.04. The van der Waals surface area contributed by atoms with Crippen molar-refractivity contribution in [1.29, 1.82) is 0 Å². The second kappa shape index (κ2) is 10.5. The molecule has 0 spiro atoms. The summed E-state index contributed by atoms with van der Waals surface area (Å²) in [4.78, 5) is 35.8. The number of ether oxygens (including phenoxy) is 1. The highest BCUT2D eigenvalue weighted by Crippen LogP contribution is 2.44. The first-order valence-corrected chi connectivity index (χ1v) is 11.1. The predicted molar refractivity (Wildman–Crippen MR) is 123 cm³/mol. The number of carbonyl (C=O) groups is 3. The summed E-state index contributed by atoms with van der Waals surface area (Å²) in [5.74, 6) is -1.81. The molecule has 0 bridgehead atoms. The van der Waals surface area contributed by atoms with Crippen LogP contribution in [0.3, 0.4) is 0 Å². The SMILES string of the molecule is CCCC(C)(NC(=O)CC(O)CNC(=O)OCC1c2ccccc2-c2ccccc21)C(=O)O. The highest BCUT2D eigenvalue weighted by atomic mass is 16.5. The van der Waals surface area contributed by atoms with Gasteiger partial charge < -0.3 is 25.6 Å². The van der Waals surface area contributed by atoms with E-state index in [1.54, 1.807) is 0 Å². The zero-order valence-corrected chi connectivity index (χ0v) is 18.8. The zero-order valence-electron chi connectivity index (χ0n) is 18.8. The third-order valence-electron chi connectivity index (χ3n) is 5.88. The number of nitrogens with one attached hydrogen (secondary N) is 2. The molecule has 0 fully saturated rings. The lowest BCUT2D eigenvalue weighted by atomic mass is 9.96. The van der Waals surface area contributed by atoms with E-state index in [1.807, 2.05) is 55.5 Å². The van der Waals surface area contributed by atoms with Gasteiger partial charge >= 0.3 is 12.1 Å². The number of carbonyl (C=O) groups excluding carboxylic acids is 2. The number of hydrogen-bond acceptors (Lipinski definition) is 5. The van der Waals surface area contributed by atoms with Crippen molar-refractivity contribution < 1.29 is 29.3 Å². The fourth-order valence-corrected chi connectivity index (χ4v) is 4.22. The quantitative estimate of drug-likeness (QED) is 0.437. The molecule has 33 heavy (non-hydrogen) atoms. The number of alkyl carbamates (subject to hydrolysis) is 1. The van der Waals surface area contributed by atoms with E-state index in [9.17, 15) is 24.6 Å². The van der Waals surface area contributed by atoms with Crippen LogP contribution in [0.4, 0.5) is 4.79 Å². The van der Waals surface area contributed by atoms with Gasteiger partial charge in [0.2, 0.25) is 5.91 Å². The lowest BCUT2D eigenvalue weighted by Gasteiger charge is -2.26. The molecule has 0 radical (unpaired) electrons. The lowest BCUT2D eigenvalue weighted by Crippen LogP contribution is -2.53. The number of amides is 2. The summed E-state index contributed by atoms with van der Waals surface area (Å²) < 4.78 is 5.40. The molecular formula is C25H30N2O6. The Morgan fingerprint density at radius 1 is 1.06 bits per heavy atom. The smallest absolute Gasteiger partial charge is 0.407 e. The van der Waals surface area contributed by atoms with Crippen molar-refractivity contribution in [3.63, 3.8) is 0 Å². The van der Waals surface area contributed by atoms with Crippen molar-refractivity contribution in [2.24, 2.45) is 0 Å². The van der Waals surface area contributed by atoms with Crippen LogP contribution in [0.15, 0.2) is 48.5 Å². The topological polar surface area (TPSA) is 125 Å². The average molecular weight is 455 g/mol. The van der Waals surface area contributed by atoms with Crippen LogP contribution < -0.4 is 10.6 Å². The minimum atomic E-state index is -1.40. The Morgan fingerprint density at radius 2 is 1.64 bits per heavy atom. The van der Waals surface area contributed by atoms with Crippen LogP contribution in [0.5, 0.6) is 0 Å². The first-order valence-electron chi connectivity index (χ1n) is 11.1. The van der Waals surface area contributed by atoms with Crippen LogP contribution in [0.25, 0.3) is 11.1 Å². The van der Waals surface area contributed by atoms with Crippen molar-refractivity contribution in [2.75, 3.05) is 13.2 Å². The molecule has 2 atom stereocenters. The van der Waals surface area contributed by atoms with Crippen molar-refractivity contribution >= 4 is 18.0 Å². The summed E-state index contributed by atoms with van der Waals surface area (Å²) in [7, 11) is 0. The van der Waals surface area contributed by atoms with Gasteiger partial charge in [-0.05, 0) is 35.6 Å². The fraction of sp³-hybridized carbons (Fsp3) is 0.400. The minimum Gasteiger partial charge on any atom is -0.480 e. The van der Waals surface area contributed by atoms with Gasteiger partial charge in [-0.1, -0.05) is 61.9 Å². The summed E-state index contributed by atoms with van der Waals surface area (Å²) in [6, 6.07) is 16.0. The summed E-state index contributed by atoms with van der Waals surface area (Å²) in [5, 5.41) is 24.4. The van der Waals surface area contributed by atoms with Crippen molar-refractivity contribution in [2.45, 2.75) is 50.7 Å². The zero-order chi connectivity index (χ0) is 24.0. The largest absolute Gasteiger partial charge is 0.480 e. The first-order chi connectivity index (χ1) is 15.7. The van der Waals surface area contributed by atoms with E-state index in [1.165, 1.54) is 6.92 Å². The molecule has 176 valence electrons. The number of aliphatic carboxylic acids is 1. The third-order valence-corrected chi connectivity index (χ3v) is 5.88. The van der Waals surface area contributed by atoms with E-state index in [2.05, 4.69) is 10.6 Å². The second-order valence-electron chi connectivity index (χ2n) is 8.50. The molecule has 3 rings (SSSR count). The molecule has 0 saturated heterocycles. The van der Waals surface area contributed by atoms with E-state index in [-0.39, 0.29) is 31.9 Å². The fourth-order valence-electron chi connectivity index (χ4n) is 4.22. The lowest BCUT2D eigenvalue weighted by molar-refractivity contribution is -0.147. The Kier molecular flexibility index (Phi) is 7.71. The van der Waals surface area contributed by atoms with Crippen LogP contribution in [0, 0.1) is 0 Å². The summed E-state index contributed by atoms with van der Waals surface area (Å²) in [6.45, 7) is 3.20. The number of fused-ring (bicyclic) bond motifs is 3. The number of hydrogen-bond donors (Lipinski definition) is 4. The van der Waals surface area contributed by atoms with Crippen LogP contribution >= 0.6 is 0 Å². The number of carboxylic acid groups (broad SMARTS) is 1. The Morgan fingerprint density at radius 3 is 2.18 bits per heavy atom. The van der Waals surface area contributed by atoms with E-state index in [0.29, 0.717) is 6.42 Å². The summed E-state index contributed by atoms with van der Waals surface area (Å²) in [6.07, 6.45) is -1.37. The molecule has 4 N–H and O–H groups in total. The molecule has 0 aromatic heterocycles. The monoisotopic (exact) mass is 454 g/mol. The van der Waals surface area contributed by atoms with Gasteiger partial charge in [0.25, 0.3) is 0 Å². The van der Waals surface area contributed by atoms with Gasteiger partial charge in [0.1, 0.15) is 12.1 Å². The Labute approximate surface area is 193 Å². The highest BCUT2D eigenvalue weighted by molar-refractivity contribution is 5.86. The predicted octanol–water partition coefficient (Wildman–Crippen LogP) is 3.04. The Hall–Kier alpha value is -3.39. The minimum absolute atomic E-state index is 0.0777. The standard InChI is InChI=1S/C25H30N2O6/c1-3-12-25(2,23(30)31)27-22(29)13-16(28)14-26-24(32)33-15-21-19-10-6-4-8-17(19)18-9-5-7-11-20(18)21/h4-11,16,21,28H,3,12-15H2,1-2H3,(H,26,32)(H,27,29)(H,30,31). The third kappa shape index (κ3) is 5.70. The second-order valence-corrected chi connectivity index (χ2v) is 8.50. The number of benzene rings is 2. The van der Waals surface area contributed by atoms with Gasteiger partial charge in [0.15, 0.2) is 0 Å². The number of carboxylic acids is 1. The molecule has 2 unspecified atom stereocenters. The average Bonchev–Trinajstić information content (AvgIpc) is 3.10. The normalized spacial score (nSPS) is 15.0. The molecule has 0 heterocycles. The maximum Gasteiger partial charge on any atom is 0.407 e. The number of aliphatic hydroxyl groups excluding tert-OH is 1. The Bertz CT molecular complexity index is 978. The van der Waals surface area contributed by atoms with Gasteiger partial charge in [-0.25, -0.2) is 9.59 Å². The number of aliphatic hydroxyl groups is 1. The number of rotatable bonds is 10. The molecule has 1 aliphatic rings. The van der Waals surface area contributed by atoms with Gasteiger partial charge in [0.05, 0.1) is 12.5 Å². The maximum atomic E-state index is 12.2. The molecule has 8 heteroatoms. The van der Waals surface area contributed by atoms with Crippen LogP contribution in [-0.2, 0) is 14.3 Å². The molecular weight excluding hydrogens is 424 g/mol. The van der Waals surface area contributed by atoms with Crippen LogP contribution in [-0.4, -0.2) is 53.0 Å². The molecule has 2 aromatic rings. The van der Waals surface area contributed by atoms with E-state index in [4.69, 9.17) is 4.74 Å². The molecule has 0 aliphatic heterocycles. The highest BCUT2D eigenvalue weighted by Gasteiger charge is 2.34. The van der Waals surface area contributed by atoms with Crippen molar-refractivity contribution in [3.8, 4) is 11.1 Å². The van der Waals surface area contributed by atoms with Crippen LogP contribution in [0.1, 0.15) is 50.2 Å². The molecule has 2 amide bonds. The van der Waals surface area contributed by atoms with E-state index < -0.39 is 29.6 Å². The first kappa shape index (κ1) is 24.3. The maximum absolute atomic E-state index is 12.2. The van der Waals surface area contributed by atoms with Crippen molar-refractivity contribution in [1.82, 2.24) is 10.6 Å². The van der Waals surface area contributed by atoms with Gasteiger partial charge in [-0.3, -0.25) is 4.79 Å². The molecule has 8 nitrogen and oxygen atoms in total. The van der Waals surface area contributed by atoms with E-state index >= 15 is 0 Å². The van der Waals surface area contributed by atoms with E-state index in [0.717, 1.165) is 22.3 Å². The Balaban J connectivity index is 1.48. The van der Waals surface area contributed by atoms with Gasteiger partial charge in [-0.2, -0.15) is 0 Å². The van der Waals surface area contributed by atoms with Crippen LogP contribution in [0.2, 0.25) is 0 Å². The van der Waals surface area contributed by atoms with Crippen molar-refractivity contribution in [3.05, 3.63) is 59.7 Å². The molecule has 0 saturated carbocycles. The molecule has 1 aliphatic carbocycles.